The zero-order valence-electron chi connectivity index (χ0n) is 14.3. The van der Waals surface area contributed by atoms with Gasteiger partial charge >= 0.3 is 5.92 Å². The summed E-state index contributed by atoms with van der Waals surface area (Å²) in [5.41, 5.74) is -1.30. The maximum atomic E-state index is 14.8. The molecule has 2 N–H and O–H groups in total. The molecule has 28 heavy (non-hydrogen) atoms. The zero-order chi connectivity index (χ0) is 20.5. The van der Waals surface area contributed by atoms with Crippen molar-refractivity contribution in [1.82, 2.24) is 0 Å². The van der Waals surface area contributed by atoms with Crippen molar-refractivity contribution in [2.45, 2.75) is 12.3 Å². The first-order chi connectivity index (χ1) is 13.3. The minimum atomic E-state index is -4.06. The van der Waals surface area contributed by atoms with Crippen LogP contribution in [-0.4, -0.2) is 17.6 Å². The van der Waals surface area contributed by atoms with Crippen LogP contribution in [0, 0.1) is 11.6 Å². The highest BCUT2D eigenvalue weighted by molar-refractivity contribution is 6.31. The monoisotopic (exact) mass is 413 g/mol. The van der Waals surface area contributed by atoms with Gasteiger partial charge in [-0.05, 0) is 36.1 Å². The number of hydrogen-bond donors (Lipinski definition) is 2. The van der Waals surface area contributed by atoms with Crippen molar-refractivity contribution in [1.29, 1.82) is 0 Å². The molecule has 0 radical (unpaired) electrons. The van der Waals surface area contributed by atoms with Gasteiger partial charge in [0.25, 0.3) is 5.91 Å². The molecule has 8 heteroatoms. The molecule has 0 aliphatic rings. The number of carbonyl (C=O) groups excluding carboxylic acids is 1. The second-order valence-corrected chi connectivity index (χ2v) is 6.44. The SMILES string of the molecule is O=C(Nc1ccc(Cl)c(CCO)c1F)C(F)(F)c1ccc(F)c2ccccc12.[HH]. The van der Waals surface area contributed by atoms with Gasteiger partial charge in [0.15, 0.2) is 5.82 Å². The van der Waals surface area contributed by atoms with E-state index >= 15 is 0 Å². The molecule has 0 saturated carbocycles. The van der Waals surface area contributed by atoms with Gasteiger partial charge in [0.1, 0.15) is 5.82 Å². The number of aliphatic hydroxyl groups is 1. The number of benzene rings is 3. The summed E-state index contributed by atoms with van der Waals surface area (Å²) in [6.07, 6.45) is -0.145. The maximum Gasteiger partial charge on any atom is 0.350 e. The number of rotatable bonds is 5. The highest BCUT2D eigenvalue weighted by Gasteiger charge is 2.42. The van der Waals surface area contributed by atoms with Crippen LogP contribution < -0.4 is 5.32 Å². The van der Waals surface area contributed by atoms with Gasteiger partial charge in [0.2, 0.25) is 0 Å². The van der Waals surface area contributed by atoms with Crippen molar-refractivity contribution in [3.05, 3.63) is 76.3 Å². The lowest BCUT2D eigenvalue weighted by atomic mass is 9.98. The first-order valence-electron chi connectivity index (χ1n) is 8.22. The van der Waals surface area contributed by atoms with Crippen LogP contribution in [-0.2, 0) is 17.1 Å². The Morgan fingerprint density at radius 3 is 2.43 bits per heavy atom. The molecule has 0 spiro atoms. The molecule has 3 nitrogen and oxygen atoms in total. The molecular formula is C20H16ClF4NO2. The lowest BCUT2D eigenvalue weighted by molar-refractivity contribution is -0.140. The number of hydrogen-bond acceptors (Lipinski definition) is 2. The largest absolute Gasteiger partial charge is 0.396 e. The summed E-state index contributed by atoms with van der Waals surface area (Å²) in [7, 11) is 0. The third-order valence-corrected chi connectivity index (χ3v) is 4.64. The number of amides is 1. The minimum absolute atomic E-state index is 0. The molecule has 3 aromatic rings. The van der Waals surface area contributed by atoms with E-state index in [0.717, 1.165) is 18.2 Å². The van der Waals surface area contributed by atoms with Crippen LogP contribution in [0.5, 0.6) is 0 Å². The van der Waals surface area contributed by atoms with Gasteiger partial charge in [-0.25, -0.2) is 8.78 Å². The van der Waals surface area contributed by atoms with Gasteiger partial charge in [-0.1, -0.05) is 35.9 Å². The summed E-state index contributed by atoms with van der Waals surface area (Å²) in [4.78, 5) is 12.3. The lowest BCUT2D eigenvalue weighted by Crippen LogP contribution is -2.33. The fourth-order valence-electron chi connectivity index (χ4n) is 2.89. The van der Waals surface area contributed by atoms with Crippen LogP contribution in [0.15, 0.2) is 48.5 Å². The molecule has 0 unspecified atom stereocenters. The van der Waals surface area contributed by atoms with Crippen LogP contribution in [0.1, 0.15) is 12.6 Å². The van der Waals surface area contributed by atoms with Crippen molar-refractivity contribution < 1.29 is 28.9 Å². The van der Waals surface area contributed by atoms with Gasteiger partial charge in [-0.3, -0.25) is 4.79 Å². The average molecular weight is 414 g/mol. The van der Waals surface area contributed by atoms with E-state index in [-0.39, 0.29) is 29.2 Å². The van der Waals surface area contributed by atoms with E-state index in [2.05, 4.69) is 0 Å². The highest BCUT2D eigenvalue weighted by Crippen LogP contribution is 2.36. The third kappa shape index (κ3) is 3.55. The molecule has 0 aliphatic heterocycles. The fourth-order valence-corrected chi connectivity index (χ4v) is 3.13. The van der Waals surface area contributed by atoms with Crippen LogP contribution >= 0.6 is 11.6 Å². The van der Waals surface area contributed by atoms with E-state index < -0.39 is 41.3 Å². The van der Waals surface area contributed by atoms with Gasteiger partial charge in [0.05, 0.1) is 5.69 Å². The van der Waals surface area contributed by atoms with Crippen molar-refractivity contribution in [3.63, 3.8) is 0 Å². The van der Waals surface area contributed by atoms with E-state index in [9.17, 15) is 22.4 Å². The normalized spacial score (nSPS) is 11.6. The quantitative estimate of drug-likeness (QED) is 0.559. The highest BCUT2D eigenvalue weighted by atomic mass is 35.5. The maximum absolute atomic E-state index is 14.8. The number of halogens is 5. The van der Waals surface area contributed by atoms with Crippen molar-refractivity contribution in [2.24, 2.45) is 0 Å². The number of alkyl halides is 2. The minimum Gasteiger partial charge on any atom is -0.396 e. The van der Waals surface area contributed by atoms with Crippen molar-refractivity contribution in [2.75, 3.05) is 11.9 Å². The summed E-state index contributed by atoms with van der Waals surface area (Å²) < 4.78 is 58.0. The Bertz CT molecular complexity index is 1060. The van der Waals surface area contributed by atoms with Gasteiger partial charge in [-0.2, -0.15) is 8.78 Å². The second kappa shape index (κ2) is 7.77. The molecule has 0 heterocycles. The Hall–Kier alpha value is -2.64. The summed E-state index contributed by atoms with van der Waals surface area (Å²) in [5, 5.41) is 10.7. The number of anilines is 1. The zero-order valence-corrected chi connectivity index (χ0v) is 15.0. The molecular weight excluding hydrogens is 398 g/mol. The lowest BCUT2D eigenvalue weighted by Gasteiger charge is -2.19. The Labute approximate surface area is 164 Å². The molecule has 0 atom stereocenters. The van der Waals surface area contributed by atoms with Crippen LogP contribution in [0.3, 0.4) is 0 Å². The Morgan fingerprint density at radius 1 is 1.07 bits per heavy atom. The summed E-state index contributed by atoms with van der Waals surface area (Å²) >= 11 is 5.84. The van der Waals surface area contributed by atoms with Crippen LogP contribution in [0.4, 0.5) is 23.2 Å². The number of aliphatic hydroxyl groups excluding tert-OH is 1. The Morgan fingerprint density at radius 2 is 1.75 bits per heavy atom. The predicted octanol–water partition coefficient (Wildman–Crippen LogP) is 5.28. The fraction of sp³-hybridized carbons (Fsp3) is 0.150. The second-order valence-electron chi connectivity index (χ2n) is 6.03. The first-order valence-corrected chi connectivity index (χ1v) is 8.60. The molecule has 0 saturated heterocycles. The van der Waals surface area contributed by atoms with Crippen LogP contribution in [0.2, 0.25) is 5.02 Å². The average Bonchev–Trinajstić information content (AvgIpc) is 2.67. The topological polar surface area (TPSA) is 49.3 Å². The van der Waals surface area contributed by atoms with Gasteiger partial charge in [0, 0.05) is 29.6 Å². The molecule has 0 fully saturated rings. The molecule has 0 bridgehead atoms. The van der Waals surface area contributed by atoms with Crippen LogP contribution in [0.25, 0.3) is 10.8 Å². The van der Waals surface area contributed by atoms with Crippen molar-refractivity contribution in [3.8, 4) is 0 Å². The summed E-state index contributed by atoms with van der Waals surface area (Å²) in [6.45, 7) is -0.411. The van der Waals surface area contributed by atoms with E-state index in [1.807, 2.05) is 5.32 Å². The summed E-state index contributed by atoms with van der Waals surface area (Å²) in [5.74, 6) is -7.54. The van der Waals surface area contributed by atoms with E-state index in [1.54, 1.807) is 0 Å². The molecule has 1 amide bonds. The predicted molar refractivity (Wildman–Crippen MR) is 101 cm³/mol. The number of nitrogens with one attached hydrogen (secondary N) is 1. The Kier molecular flexibility index (Phi) is 5.58. The number of fused-ring (bicyclic) bond motifs is 1. The molecule has 0 aromatic heterocycles. The molecule has 148 valence electrons. The first kappa shape index (κ1) is 20.1. The smallest absolute Gasteiger partial charge is 0.350 e. The molecule has 3 rings (SSSR count). The van der Waals surface area contributed by atoms with E-state index in [0.29, 0.717) is 0 Å². The third-order valence-electron chi connectivity index (χ3n) is 4.29. The van der Waals surface area contributed by atoms with Gasteiger partial charge in [-0.15, -0.1) is 0 Å². The van der Waals surface area contributed by atoms with E-state index in [4.69, 9.17) is 16.7 Å². The standard InChI is InChI=1S/C20H14ClF4NO2.H2/c21-15-6-8-17(18(23)13(15)9-10-27)26-19(28)20(24,25)14-5-7-16(22)12-4-2-1-3-11(12)14;/h1-8,27H,9-10H2,(H,26,28);1H. The summed E-state index contributed by atoms with van der Waals surface area (Å²) in [6, 6.07) is 9.48. The molecule has 3 aromatic carbocycles. The number of carbonyl (C=O) groups is 1. The van der Waals surface area contributed by atoms with Gasteiger partial charge < -0.3 is 10.4 Å². The van der Waals surface area contributed by atoms with E-state index in [1.165, 1.54) is 30.3 Å². The van der Waals surface area contributed by atoms with Crippen molar-refractivity contribution >= 4 is 34.0 Å². The Balaban J connectivity index is 0.00000300. The molecule has 0 aliphatic carbocycles.